The van der Waals surface area contributed by atoms with Crippen molar-refractivity contribution in [3.05, 3.63) is 48.9 Å². The molecule has 1 aromatic carbocycles. The van der Waals surface area contributed by atoms with E-state index < -0.39 is 10.8 Å². The molecule has 1 amide bonds. The predicted octanol–water partition coefficient (Wildman–Crippen LogP) is 3.72. The van der Waals surface area contributed by atoms with Crippen molar-refractivity contribution >= 4 is 55.6 Å². The largest absolute Gasteiger partial charge is 0.298 e. The molecule has 0 unspecified atom stereocenters. The maximum absolute atomic E-state index is 12.0. The highest BCUT2D eigenvalue weighted by Crippen LogP contribution is 2.26. The van der Waals surface area contributed by atoms with E-state index in [0.717, 1.165) is 3.79 Å². The Kier molecular flexibility index (Phi) is 4.13. The number of amides is 1. The van der Waals surface area contributed by atoms with Crippen molar-refractivity contribution in [2.24, 2.45) is 0 Å². The van der Waals surface area contributed by atoms with Crippen molar-refractivity contribution in [1.29, 1.82) is 0 Å². The van der Waals surface area contributed by atoms with Gasteiger partial charge < -0.3 is 0 Å². The van der Waals surface area contributed by atoms with Gasteiger partial charge in [0.2, 0.25) is 0 Å². The number of nitrogens with one attached hydrogen (secondary N) is 1. The van der Waals surface area contributed by atoms with Crippen molar-refractivity contribution < 1.29 is 9.72 Å². The maximum atomic E-state index is 12.0. The summed E-state index contributed by atoms with van der Waals surface area (Å²) in [6.45, 7) is 0. The Morgan fingerprint density at radius 3 is 2.84 bits per heavy atom. The Morgan fingerprint density at radius 1 is 1.53 bits per heavy atom. The van der Waals surface area contributed by atoms with Crippen LogP contribution in [0.5, 0.6) is 0 Å². The third kappa shape index (κ3) is 3.28. The number of nitro benzene ring substituents is 1. The zero-order valence-corrected chi connectivity index (χ0v) is 12.3. The standard InChI is InChI=1S/C10H5BrClN3O3S/c11-8-4-13-10(19-8)14-9(16)6-3-5(12)1-2-7(6)15(17)18/h1-4H,(H,13,14,16). The molecule has 98 valence electrons. The van der Waals surface area contributed by atoms with Crippen LogP contribution in [0.1, 0.15) is 10.4 Å². The van der Waals surface area contributed by atoms with Crippen LogP contribution in [0, 0.1) is 10.1 Å². The van der Waals surface area contributed by atoms with Gasteiger partial charge in [-0.25, -0.2) is 4.98 Å². The zero-order valence-electron chi connectivity index (χ0n) is 9.09. The fourth-order valence-corrected chi connectivity index (χ4v) is 2.60. The Hall–Kier alpha value is -1.51. The number of aromatic nitrogens is 1. The van der Waals surface area contributed by atoms with E-state index in [2.05, 4.69) is 26.2 Å². The van der Waals surface area contributed by atoms with E-state index in [0.29, 0.717) is 5.13 Å². The van der Waals surface area contributed by atoms with Gasteiger partial charge in [0.1, 0.15) is 5.56 Å². The third-order valence-electron chi connectivity index (χ3n) is 2.10. The van der Waals surface area contributed by atoms with Gasteiger partial charge in [-0.15, -0.1) is 0 Å². The van der Waals surface area contributed by atoms with E-state index >= 15 is 0 Å². The molecule has 0 saturated carbocycles. The minimum atomic E-state index is -0.636. The smallest absolute Gasteiger partial charge is 0.282 e. The lowest BCUT2D eigenvalue weighted by Crippen LogP contribution is -2.13. The molecule has 0 spiro atoms. The fourth-order valence-electron chi connectivity index (χ4n) is 1.33. The van der Waals surface area contributed by atoms with Gasteiger partial charge in [-0.05, 0) is 28.1 Å². The molecule has 1 N–H and O–H groups in total. The van der Waals surface area contributed by atoms with Gasteiger partial charge in [-0.2, -0.15) is 0 Å². The van der Waals surface area contributed by atoms with Crippen LogP contribution in [-0.4, -0.2) is 15.8 Å². The second-order valence-corrected chi connectivity index (χ2v) is 6.19. The predicted molar refractivity (Wildman–Crippen MR) is 75.9 cm³/mol. The lowest BCUT2D eigenvalue weighted by atomic mass is 10.1. The van der Waals surface area contributed by atoms with Crippen LogP contribution in [0.4, 0.5) is 10.8 Å². The van der Waals surface area contributed by atoms with Crippen LogP contribution >= 0.6 is 38.9 Å². The molecule has 0 radical (unpaired) electrons. The van der Waals surface area contributed by atoms with Crippen LogP contribution in [0.2, 0.25) is 5.02 Å². The molecule has 0 atom stereocenters. The molecule has 0 fully saturated rings. The molecule has 9 heteroatoms. The van der Waals surface area contributed by atoms with Crippen molar-refractivity contribution in [3.8, 4) is 0 Å². The number of anilines is 1. The number of carbonyl (C=O) groups is 1. The van der Waals surface area contributed by atoms with Crippen LogP contribution in [0.25, 0.3) is 0 Å². The number of carbonyl (C=O) groups excluding carboxylic acids is 1. The first kappa shape index (κ1) is 13.9. The van der Waals surface area contributed by atoms with Gasteiger partial charge in [0.15, 0.2) is 5.13 Å². The number of benzene rings is 1. The number of nitrogens with zero attached hydrogens (tertiary/aromatic N) is 2. The summed E-state index contributed by atoms with van der Waals surface area (Å²) in [5.74, 6) is -0.629. The number of nitro groups is 1. The minimum Gasteiger partial charge on any atom is -0.298 e. The first-order valence-corrected chi connectivity index (χ1v) is 6.83. The fraction of sp³-hybridized carbons (Fsp3) is 0. The average Bonchev–Trinajstić information content (AvgIpc) is 2.74. The lowest BCUT2D eigenvalue weighted by Gasteiger charge is -2.03. The molecule has 0 aliphatic carbocycles. The summed E-state index contributed by atoms with van der Waals surface area (Å²) in [7, 11) is 0. The molecule has 1 aromatic heterocycles. The molecule has 0 bridgehead atoms. The van der Waals surface area contributed by atoms with Crippen molar-refractivity contribution in [1.82, 2.24) is 4.98 Å². The number of thiazole rings is 1. The Labute approximate surface area is 124 Å². The molecule has 19 heavy (non-hydrogen) atoms. The van der Waals surface area contributed by atoms with E-state index in [4.69, 9.17) is 11.6 Å². The average molecular weight is 363 g/mol. The van der Waals surface area contributed by atoms with Crippen LogP contribution in [-0.2, 0) is 0 Å². The zero-order chi connectivity index (χ0) is 14.0. The van der Waals surface area contributed by atoms with Gasteiger partial charge in [-0.1, -0.05) is 22.9 Å². The van der Waals surface area contributed by atoms with Crippen molar-refractivity contribution in [2.75, 3.05) is 5.32 Å². The summed E-state index contributed by atoms with van der Waals surface area (Å²) in [4.78, 5) is 26.1. The highest BCUT2D eigenvalue weighted by molar-refractivity contribution is 9.11. The molecular weight excluding hydrogens is 358 g/mol. The first-order valence-electron chi connectivity index (χ1n) is 4.84. The Balaban J connectivity index is 2.32. The molecule has 2 aromatic rings. The summed E-state index contributed by atoms with van der Waals surface area (Å²) in [5.41, 5.74) is -0.415. The summed E-state index contributed by atoms with van der Waals surface area (Å²) >= 11 is 10.2. The molecule has 6 nitrogen and oxygen atoms in total. The quantitative estimate of drug-likeness (QED) is 0.666. The van der Waals surface area contributed by atoms with Crippen molar-refractivity contribution in [3.63, 3.8) is 0 Å². The number of hydrogen-bond acceptors (Lipinski definition) is 5. The molecule has 1 heterocycles. The van der Waals surface area contributed by atoms with Gasteiger partial charge in [-0.3, -0.25) is 20.2 Å². The van der Waals surface area contributed by atoms with Gasteiger partial charge in [0.05, 0.1) is 14.9 Å². The van der Waals surface area contributed by atoms with E-state index in [-0.39, 0.29) is 16.3 Å². The third-order valence-corrected chi connectivity index (χ3v) is 3.72. The number of rotatable bonds is 3. The van der Waals surface area contributed by atoms with E-state index in [9.17, 15) is 14.9 Å². The highest BCUT2D eigenvalue weighted by Gasteiger charge is 2.21. The Bertz CT molecular complexity index is 661. The maximum Gasteiger partial charge on any atom is 0.282 e. The number of hydrogen-bond donors (Lipinski definition) is 1. The SMILES string of the molecule is O=C(Nc1ncc(Br)s1)c1cc(Cl)ccc1[N+](=O)[O-]. The molecule has 0 aliphatic heterocycles. The Morgan fingerprint density at radius 2 is 2.26 bits per heavy atom. The van der Waals surface area contributed by atoms with Crippen LogP contribution in [0.15, 0.2) is 28.2 Å². The van der Waals surface area contributed by atoms with Gasteiger partial charge in [0.25, 0.3) is 11.6 Å². The topological polar surface area (TPSA) is 85.1 Å². The first-order chi connectivity index (χ1) is 8.97. The second-order valence-electron chi connectivity index (χ2n) is 3.34. The number of halogens is 2. The van der Waals surface area contributed by atoms with E-state index in [1.165, 1.54) is 35.7 Å². The van der Waals surface area contributed by atoms with Gasteiger partial charge in [0, 0.05) is 11.1 Å². The lowest BCUT2D eigenvalue weighted by molar-refractivity contribution is -0.385. The van der Waals surface area contributed by atoms with Crippen LogP contribution < -0.4 is 5.32 Å². The summed E-state index contributed by atoms with van der Waals surface area (Å²) < 4.78 is 0.739. The molecular formula is C10H5BrClN3O3S. The molecule has 0 aliphatic rings. The summed E-state index contributed by atoms with van der Waals surface area (Å²) in [5, 5.41) is 13.9. The van der Waals surface area contributed by atoms with Gasteiger partial charge >= 0.3 is 0 Å². The highest BCUT2D eigenvalue weighted by atomic mass is 79.9. The second kappa shape index (κ2) is 5.64. The molecule has 2 rings (SSSR count). The normalized spacial score (nSPS) is 10.2. The van der Waals surface area contributed by atoms with Crippen molar-refractivity contribution in [2.45, 2.75) is 0 Å². The molecule has 0 saturated heterocycles. The summed E-state index contributed by atoms with van der Waals surface area (Å²) in [6.07, 6.45) is 1.52. The summed E-state index contributed by atoms with van der Waals surface area (Å²) in [6, 6.07) is 3.79. The minimum absolute atomic E-state index is 0.108. The van der Waals surface area contributed by atoms with E-state index in [1.807, 2.05) is 0 Å². The van der Waals surface area contributed by atoms with Crippen LogP contribution in [0.3, 0.4) is 0 Å². The monoisotopic (exact) mass is 361 g/mol. The van der Waals surface area contributed by atoms with E-state index in [1.54, 1.807) is 0 Å².